The van der Waals surface area contributed by atoms with Gasteiger partial charge in [-0.25, -0.2) is 0 Å². The molecular formula is C14H11Br2NO4. The van der Waals surface area contributed by atoms with E-state index in [0.29, 0.717) is 16.8 Å². The first-order chi connectivity index (χ1) is 9.99. The minimum absolute atomic E-state index is 0.0183. The summed E-state index contributed by atoms with van der Waals surface area (Å²) < 4.78 is 12.2. The third kappa shape index (κ3) is 4.18. The maximum Gasteiger partial charge on any atom is 0.274 e. The number of ether oxygens (including phenoxy) is 2. The second-order valence-electron chi connectivity index (χ2n) is 4.16. The van der Waals surface area contributed by atoms with Gasteiger partial charge in [0, 0.05) is 10.5 Å². The molecule has 0 saturated carbocycles. The fourth-order valence-corrected chi connectivity index (χ4v) is 2.75. The van der Waals surface area contributed by atoms with Gasteiger partial charge in [0.1, 0.15) is 18.1 Å². The van der Waals surface area contributed by atoms with Crippen molar-refractivity contribution in [2.45, 2.75) is 6.61 Å². The largest absolute Gasteiger partial charge is 0.496 e. The van der Waals surface area contributed by atoms with Gasteiger partial charge in [-0.2, -0.15) is 0 Å². The van der Waals surface area contributed by atoms with Gasteiger partial charge in [-0.05, 0) is 39.7 Å². The first-order valence-electron chi connectivity index (χ1n) is 5.90. The van der Waals surface area contributed by atoms with Gasteiger partial charge in [0.25, 0.3) is 5.69 Å². The molecule has 0 fully saturated rings. The summed E-state index contributed by atoms with van der Waals surface area (Å²) in [5.41, 5.74) is 0.903. The first kappa shape index (κ1) is 15.8. The van der Waals surface area contributed by atoms with E-state index in [0.717, 1.165) is 15.8 Å². The molecule has 0 N–H and O–H groups in total. The fourth-order valence-electron chi connectivity index (χ4n) is 1.70. The zero-order valence-corrected chi connectivity index (χ0v) is 14.2. The van der Waals surface area contributed by atoms with Crippen molar-refractivity contribution in [1.82, 2.24) is 0 Å². The molecule has 0 radical (unpaired) electrons. The van der Waals surface area contributed by atoms with E-state index < -0.39 is 4.92 Å². The highest BCUT2D eigenvalue weighted by molar-refractivity contribution is 9.10. The molecule has 0 heterocycles. The molecule has 0 aliphatic rings. The number of methoxy groups -OCH3 is 1. The maximum atomic E-state index is 10.8. The van der Waals surface area contributed by atoms with Crippen LogP contribution in [0.5, 0.6) is 11.5 Å². The third-order valence-electron chi connectivity index (χ3n) is 2.69. The first-order valence-corrected chi connectivity index (χ1v) is 7.48. The molecule has 2 rings (SSSR count). The summed E-state index contributed by atoms with van der Waals surface area (Å²) >= 11 is 6.63. The highest BCUT2D eigenvalue weighted by atomic mass is 79.9. The van der Waals surface area contributed by atoms with Crippen LogP contribution in [0.15, 0.2) is 45.3 Å². The van der Waals surface area contributed by atoms with Crippen molar-refractivity contribution in [1.29, 1.82) is 0 Å². The van der Waals surface area contributed by atoms with Crippen LogP contribution in [-0.4, -0.2) is 12.0 Å². The summed E-state index contributed by atoms with van der Waals surface area (Å²) in [7, 11) is 1.59. The average molecular weight is 417 g/mol. The highest BCUT2D eigenvalue weighted by Crippen LogP contribution is 2.28. The Labute approximate surface area is 138 Å². The van der Waals surface area contributed by atoms with Crippen molar-refractivity contribution in [2.24, 2.45) is 0 Å². The smallest absolute Gasteiger partial charge is 0.274 e. The molecule has 110 valence electrons. The Morgan fingerprint density at radius 1 is 1.19 bits per heavy atom. The number of halogens is 2. The number of hydrogen-bond donors (Lipinski definition) is 0. The summed E-state index contributed by atoms with van der Waals surface area (Å²) in [5, 5.41) is 10.8. The van der Waals surface area contributed by atoms with Crippen molar-refractivity contribution < 1.29 is 14.4 Å². The molecule has 2 aromatic rings. The Bertz CT molecular complexity index is 676. The van der Waals surface area contributed by atoms with Crippen LogP contribution < -0.4 is 9.47 Å². The van der Waals surface area contributed by atoms with E-state index >= 15 is 0 Å². The second-order valence-corrected chi connectivity index (χ2v) is 5.93. The van der Waals surface area contributed by atoms with E-state index in [4.69, 9.17) is 9.47 Å². The van der Waals surface area contributed by atoms with Crippen LogP contribution in [0.2, 0.25) is 0 Å². The number of hydrogen-bond acceptors (Lipinski definition) is 4. The fraction of sp³-hybridized carbons (Fsp3) is 0.143. The highest BCUT2D eigenvalue weighted by Gasteiger charge is 2.10. The molecule has 0 aromatic heterocycles. The Morgan fingerprint density at radius 3 is 2.57 bits per heavy atom. The van der Waals surface area contributed by atoms with E-state index in [1.54, 1.807) is 13.2 Å². The summed E-state index contributed by atoms with van der Waals surface area (Å²) in [6, 6.07) is 10.1. The molecule has 0 spiro atoms. The molecule has 0 amide bonds. The molecule has 2 aromatic carbocycles. The molecular weight excluding hydrogens is 406 g/mol. The molecule has 0 aliphatic heterocycles. The number of benzene rings is 2. The number of rotatable bonds is 5. The van der Waals surface area contributed by atoms with Gasteiger partial charge in [0.15, 0.2) is 0 Å². The molecule has 0 saturated heterocycles. The lowest BCUT2D eigenvalue weighted by Crippen LogP contribution is -1.97. The monoisotopic (exact) mass is 415 g/mol. The van der Waals surface area contributed by atoms with Crippen molar-refractivity contribution in [3.05, 3.63) is 61.0 Å². The van der Waals surface area contributed by atoms with Gasteiger partial charge in [-0.15, -0.1) is 0 Å². The second kappa shape index (κ2) is 6.91. The molecule has 5 nitrogen and oxygen atoms in total. The van der Waals surface area contributed by atoms with Crippen LogP contribution in [0, 0.1) is 10.1 Å². The van der Waals surface area contributed by atoms with Gasteiger partial charge >= 0.3 is 0 Å². The van der Waals surface area contributed by atoms with Crippen LogP contribution in [0.3, 0.4) is 0 Å². The van der Waals surface area contributed by atoms with Gasteiger partial charge in [0.05, 0.1) is 22.6 Å². The normalized spacial score (nSPS) is 10.2. The zero-order valence-electron chi connectivity index (χ0n) is 11.0. The lowest BCUT2D eigenvalue weighted by Gasteiger charge is -2.09. The summed E-state index contributed by atoms with van der Waals surface area (Å²) in [5.74, 6) is 1.17. The predicted molar refractivity (Wildman–Crippen MR) is 85.8 cm³/mol. The van der Waals surface area contributed by atoms with Crippen molar-refractivity contribution >= 4 is 37.5 Å². The minimum Gasteiger partial charge on any atom is -0.496 e. The van der Waals surface area contributed by atoms with Gasteiger partial charge in [-0.1, -0.05) is 22.0 Å². The van der Waals surface area contributed by atoms with E-state index in [1.807, 2.05) is 18.2 Å². The lowest BCUT2D eigenvalue weighted by molar-refractivity contribution is -0.385. The molecule has 0 bridgehead atoms. The molecule has 21 heavy (non-hydrogen) atoms. The van der Waals surface area contributed by atoms with Crippen LogP contribution in [-0.2, 0) is 6.61 Å². The number of non-ortho nitro benzene ring substituents is 1. The van der Waals surface area contributed by atoms with E-state index in [-0.39, 0.29) is 5.69 Å². The quantitative estimate of drug-likeness (QED) is 0.523. The Balaban J connectivity index is 2.12. The van der Waals surface area contributed by atoms with Crippen LogP contribution in [0.4, 0.5) is 5.69 Å². The molecule has 0 atom stereocenters. The molecule has 7 heteroatoms. The SMILES string of the molecule is COc1ccc(COc2cc(Br)cc([N+](=O)[O-])c2)cc1Br. The van der Waals surface area contributed by atoms with E-state index in [2.05, 4.69) is 31.9 Å². The summed E-state index contributed by atoms with van der Waals surface area (Å²) in [6.07, 6.45) is 0. The third-order valence-corrected chi connectivity index (χ3v) is 3.77. The van der Waals surface area contributed by atoms with Crippen molar-refractivity contribution in [2.75, 3.05) is 7.11 Å². The minimum atomic E-state index is -0.457. The van der Waals surface area contributed by atoms with Gasteiger partial charge < -0.3 is 9.47 Å². The number of nitrogens with zero attached hydrogens (tertiary/aromatic N) is 1. The standard InChI is InChI=1S/C14H11Br2NO4/c1-20-14-3-2-9(4-13(14)16)8-21-12-6-10(15)5-11(7-12)17(18)19/h2-7H,8H2,1H3. The topological polar surface area (TPSA) is 61.6 Å². The summed E-state index contributed by atoms with van der Waals surface area (Å²) in [4.78, 5) is 10.3. The van der Waals surface area contributed by atoms with Crippen molar-refractivity contribution in [3.63, 3.8) is 0 Å². The number of nitro groups is 1. The Kier molecular flexibility index (Phi) is 5.19. The maximum absolute atomic E-state index is 10.8. The van der Waals surface area contributed by atoms with Crippen LogP contribution in [0.1, 0.15) is 5.56 Å². The Morgan fingerprint density at radius 2 is 1.95 bits per heavy atom. The van der Waals surface area contributed by atoms with E-state index in [9.17, 15) is 10.1 Å². The average Bonchev–Trinajstić information content (AvgIpc) is 2.44. The van der Waals surface area contributed by atoms with Gasteiger partial charge in [0.2, 0.25) is 0 Å². The molecule has 0 aliphatic carbocycles. The zero-order chi connectivity index (χ0) is 15.4. The van der Waals surface area contributed by atoms with Crippen LogP contribution >= 0.6 is 31.9 Å². The Hall–Kier alpha value is -1.60. The summed E-state index contributed by atoms with van der Waals surface area (Å²) in [6.45, 7) is 0.302. The lowest BCUT2D eigenvalue weighted by atomic mass is 10.2. The van der Waals surface area contributed by atoms with Crippen molar-refractivity contribution in [3.8, 4) is 11.5 Å². The predicted octanol–water partition coefficient (Wildman–Crippen LogP) is 4.71. The van der Waals surface area contributed by atoms with Crippen LogP contribution in [0.25, 0.3) is 0 Å². The van der Waals surface area contributed by atoms with Gasteiger partial charge in [-0.3, -0.25) is 10.1 Å². The van der Waals surface area contributed by atoms with E-state index in [1.165, 1.54) is 12.1 Å². The number of nitro benzene ring substituents is 1. The molecule has 0 unspecified atom stereocenters.